The molecule has 0 saturated carbocycles. The Labute approximate surface area is 193 Å². The minimum Gasteiger partial charge on any atom is -0.350 e. The van der Waals surface area contributed by atoms with Gasteiger partial charge in [0.25, 0.3) is 0 Å². The molecule has 1 aromatic carbocycles. The molecule has 0 saturated heterocycles. The number of hydrogen-bond donors (Lipinski definition) is 3. The molecule has 3 heterocycles. The Morgan fingerprint density at radius 1 is 0.939 bits per heavy atom. The lowest BCUT2D eigenvalue weighted by molar-refractivity contribution is 0.985. The molecule has 0 aliphatic heterocycles. The minimum absolute atomic E-state index is 0.402. The largest absolute Gasteiger partial charge is 0.350 e. The number of hydrogen-bond acceptors (Lipinski definition) is 7. The quantitative estimate of drug-likeness (QED) is 0.333. The molecule has 0 radical (unpaired) electrons. The molecule has 166 valence electrons. The number of H-pyrrole nitrogens is 1. The van der Waals surface area contributed by atoms with Gasteiger partial charge in [0.15, 0.2) is 11.6 Å². The summed E-state index contributed by atoms with van der Waals surface area (Å²) in [6, 6.07) is 14.2. The number of anilines is 3. The molecular formula is C25H26N8. The Kier molecular flexibility index (Phi) is 7.17. The van der Waals surface area contributed by atoms with Crippen molar-refractivity contribution in [3.8, 4) is 0 Å². The fourth-order valence-corrected chi connectivity index (χ4v) is 3.15. The highest BCUT2D eigenvalue weighted by Crippen LogP contribution is 2.16. The van der Waals surface area contributed by atoms with Crippen LogP contribution in [0.3, 0.4) is 0 Å². The first-order chi connectivity index (χ1) is 16.2. The zero-order valence-corrected chi connectivity index (χ0v) is 18.7. The predicted molar refractivity (Wildman–Crippen MR) is 133 cm³/mol. The normalized spacial score (nSPS) is 11.3. The molecule has 8 heteroatoms. The van der Waals surface area contributed by atoms with E-state index in [0.29, 0.717) is 30.1 Å². The summed E-state index contributed by atoms with van der Waals surface area (Å²) in [6.45, 7) is 4.64. The van der Waals surface area contributed by atoms with E-state index in [1.54, 1.807) is 12.4 Å². The molecule has 4 aromatic rings. The topological polar surface area (TPSA) is 104 Å². The zero-order chi connectivity index (χ0) is 22.9. The number of nitrogens with one attached hydrogen (secondary N) is 3. The second-order valence-corrected chi connectivity index (χ2v) is 7.32. The summed E-state index contributed by atoms with van der Waals surface area (Å²) in [5.74, 6) is 2.02. The van der Waals surface area contributed by atoms with Gasteiger partial charge in [-0.3, -0.25) is 10.1 Å². The standard InChI is InChI=1S/C25H26N8/c1-3-7-21-15-23(33-32-21)30-25-29-22(12-11-19-9-5-8-18(4-2)14-19)28-24(31-25)27-17-20-10-6-13-26-16-20/h3,5-16H,4,17H2,1-2H3,(H3,27,28,29,30,31,32,33)/b7-3+,12-11+. The van der Waals surface area contributed by atoms with Gasteiger partial charge in [0, 0.05) is 25.0 Å². The van der Waals surface area contributed by atoms with Gasteiger partial charge in [-0.2, -0.15) is 20.1 Å². The summed E-state index contributed by atoms with van der Waals surface area (Å²) in [7, 11) is 0. The van der Waals surface area contributed by atoms with Crippen molar-refractivity contribution in [2.45, 2.75) is 26.8 Å². The van der Waals surface area contributed by atoms with E-state index in [1.807, 2.05) is 49.4 Å². The molecule has 0 aliphatic carbocycles. The van der Waals surface area contributed by atoms with Crippen molar-refractivity contribution >= 4 is 35.9 Å². The van der Waals surface area contributed by atoms with Crippen LogP contribution in [-0.4, -0.2) is 30.1 Å². The van der Waals surface area contributed by atoms with Crippen LogP contribution in [0.15, 0.2) is 60.9 Å². The maximum absolute atomic E-state index is 4.56. The van der Waals surface area contributed by atoms with Gasteiger partial charge >= 0.3 is 0 Å². The zero-order valence-electron chi connectivity index (χ0n) is 18.7. The predicted octanol–water partition coefficient (Wildman–Crippen LogP) is 5.11. The van der Waals surface area contributed by atoms with Gasteiger partial charge in [0.05, 0.1) is 5.69 Å². The number of rotatable bonds is 9. The number of aryl methyl sites for hydroxylation is 1. The highest BCUT2D eigenvalue weighted by atomic mass is 15.3. The number of aromatic nitrogens is 6. The van der Waals surface area contributed by atoms with Gasteiger partial charge in [0.2, 0.25) is 11.9 Å². The molecule has 0 spiro atoms. The molecule has 0 fully saturated rings. The SMILES string of the molecule is C/C=C/c1cc(Nc2nc(/C=C/c3cccc(CC)c3)nc(NCc3cccnc3)n2)n[nH]1. The van der Waals surface area contributed by atoms with Gasteiger partial charge in [-0.15, -0.1) is 0 Å². The van der Waals surface area contributed by atoms with Crippen molar-refractivity contribution < 1.29 is 0 Å². The van der Waals surface area contributed by atoms with Gasteiger partial charge in [-0.1, -0.05) is 49.4 Å². The lowest BCUT2D eigenvalue weighted by Gasteiger charge is -2.08. The van der Waals surface area contributed by atoms with E-state index >= 15 is 0 Å². The summed E-state index contributed by atoms with van der Waals surface area (Å²) < 4.78 is 0. The summed E-state index contributed by atoms with van der Waals surface area (Å²) in [5.41, 5.74) is 4.30. The van der Waals surface area contributed by atoms with Crippen molar-refractivity contribution in [1.82, 2.24) is 30.1 Å². The second kappa shape index (κ2) is 10.8. The van der Waals surface area contributed by atoms with E-state index in [1.165, 1.54) is 5.56 Å². The summed E-state index contributed by atoms with van der Waals surface area (Å²) in [4.78, 5) is 17.8. The van der Waals surface area contributed by atoms with Crippen LogP contribution in [0.25, 0.3) is 18.2 Å². The molecule has 0 bridgehead atoms. The molecule has 8 nitrogen and oxygen atoms in total. The Morgan fingerprint density at radius 2 is 1.82 bits per heavy atom. The average molecular weight is 439 g/mol. The third-order valence-electron chi connectivity index (χ3n) is 4.79. The van der Waals surface area contributed by atoms with Gasteiger partial charge < -0.3 is 10.6 Å². The van der Waals surface area contributed by atoms with Crippen molar-refractivity contribution in [2.24, 2.45) is 0 Å². The number of aromatic amines is 1. The van der Waals surface area contributed by atoms with Crippen LogP contribution in [0.2, 0.25) is 0 Å². The Balaban J connectivity index is 1.59. The molecule has 3 aromatic heterocycles. The van der Waals surface area contributed by atoms with Crippen molar-refractivity contribution in [3.63, 3.8) is 0 Å². The van der Waals surface area contributed by atoms with E-state index in [0.717, 1.165) is 23.2 Å². The Hall–Kier alpha value is -4.33. The molecule has 0 amide bonds. The molecule has 4 rings (SSSR count). The number of benzene rings is 1. The van der Waals surface area contributed by atoms with Crippen LogP contribution in [0, 0.1) is 0 Å². The number of allylic oxidation sites excluding steroid dienone is 1. The van der Waals surface area contributed by atoms with Crippen molar-refractivity contribution in [1.29, 1.82) is 0 Å². The lowest BCUT2D eigenvalue weighted by atomic mass is 10.1. The Morgan fingerprint density at radius 3 is 2.64 bits per heavy atom. The highest BCUT2D eigenvalue weighted by molar-refractivity contribution is 5.68. The number of nitrogens with zero attached hydrogens (tertiary/aromatic N) is 5. The summed E-state index contributed by atoms with van der Waals surface area (Å²) in [6.07, 6.45) is 12.3. The van der Waals surface area contributed by atoms with E-state index in [9.17, 15) is 0 Å². The van der Waals surface area contributed by atoms with Crippen molar-refractivity contribution in [3.05, 3.63) is 89.1 Å². The maximum atomic E-state index is 4.56. The first kappa shape index (κ1) is 21.9. The summed E-state index contributed by atoms with van der Waals surface area (Å²) >= 11 is 0. The molecular weight excluding hydrogens is 412 g/mol. The van der Waals surface area contributed by atoms with Crippen LogP contribution in [-0.2, 0) is 13.0 Å². The van der Waals surface area contributed by atoms with Gasteiger partial charge in [-0.25, -0.2) is 0 Å². The molecule has 0 aliphatic rings. The van der Waals surface area contributed by atoms with E-state index in [-0.39, 0.29) is 0 Å². The highest BCUT2D eigenvalue weighted by Gasteiger charge is 2.08. The van der Waals surface area contributed by atoms with Crippen LogP contribution in [0.1, 0.15) is 42.1 Å². The molecule has 0 atom stereocenters. The monoisotopic (exact) mass is 438 g/mol. The van der Waals surface area contributed by atoms with Crippen LogP contribution in [0.4, 0.5) is 17.7 Å². The third-order valence-corrected chi connectivity index (χ3v) is 4.79. The average Bonchev–Trinajstić information content (AvgIpc) is 3.29. The second-order valence-electron chi connectivity index (χ2n) is 7.32. The Bertz CT molecular complexity index is 1240. The van der Waals surface area contributed by atoms with Crippen LogP contribution >= 0.6 is 0 Å². The van der Waals surface area contributed by atoms with E-state index in [2.05, 4.69) is 72.0 Å². The fourth-order valence-electron chi connectivity index (χ4n) is 3.15. The van der Waals surface area contributed by atoms with E-state index in [4.69, 9.17) is 0 Å². The first-order valence-electron chi connectivity index (χ1n) is 10.8. The molecule has 3 N–H and O–H groups in total. The van der Waals surface area contributed by atoms with Gasteiger partial charge in [0.1, 0.15) is 0 Å². The lowest BCUT2D eigenvalue weighted by Crippen LogP contribution is -2.08. The smallest absolute Gasteiger partial charge is 0.233 e. The van der Waals surface area contributed by atoms with Crippen LogP contribution in [0.5, 0.6) is 0 Å². The third kappa shape index (κ3) is 6.33. The fraction of sp³-hybridized carbons (Fsp3) is 0.160. The van der Waals surface area contributed by atoms with Gasteiger partial charge in [-0.05, 0) is 48.3 Å². The molecule has 33 heavy (non-hydrogen) atoms. The summed E-state index contributed by atoms with van der Waals surface area (Å²) in [5, 5.41) is 13.6. The first-order valence-corrected chi connectivity index (χ1v) is 10.8. The molecule has 0 unspecified atom stereocenters. The van der Waals surface area contributed by atoms with E-state index < -0.39 is 0 Å². The van der Waals surface area contributed by atoms with Crippen LogP contribution < -0.4 is 10.6 Å². The number of pyridine rings is 1. The maximum Gasteiger partial charge on any atom is 0.233 e. The minimum atomic E-state index is 0.402. The van der Waals surface area contributed by atoms with Crippen molar-refractivity contribution in [2.75, 3.05) is 10.6 Å².